The molecule has 3 heteroatoms. The Morgan fingerprint density at radius 1 is 1.22 bits per heavy atom. The molecule has 2 aliphatic rings. The highest BCUT2D eigenvalue weighted by atomic mass is 16.2. The highest BCUT2D eigenvalue weighted by molar-refractivity contribution is 5.84. The monoisotopic (exact) mass is 252 g/mol. The van der Waals surface area contributed by atoms with Crippen molar-refractivity contribution in [1.82, 2.24) is 10.2 Å². The van der Waals surface area contributed by atoms with Crippen LogP contribution in [0.4, 0.5) is 0 Å². The van der Waals surface area contributed by atoms with Gasteiger partial charge >= 0.3 is 0 Å². The fourth-order valence-electron chi connectivity index (χ4n) is 3.68. The van der Waals surface area contributed by atoms with Crippen molar-refractivity contribution in [3.63, 3.8) is 0 Å². The predicted octanol–water partition coefficient (Wildman–Crippen LogP) is 2.90. The summed E-state index contributed by atoms with van der Waals surface area (Å²) in [5.74, 6) is 0.337. The number of nitrogens with one attached hydrogen (secondary N) is 1. The van der Waals surface area contributed by atoms with Gasteiger partial charge in [-0.1, -0.05) is 33.6 Å². The van der Waals surface area contributed by atoms with Crippen LogP contribution < -0.4 is 5.32 Å². The van der Waals surface area contributed by atoms with E-state index >= 15 is 0 Å². The van der Waals surface area contributed by atoms with Crippen molar-refractivity contribution >= 4 is 5.91 Å². The van der Waals surface area contributed by atoms with Crippen LogP contribution in [0.25, 0.3) is 0 Å². The molecule has 1 N–H and O–H groups in total. The van der Waals surface area contributed by atoms with Crippen LogP contribution >= 0.6 is 0 Å². The van der Waals surface area contributed by atoms with Crippen molar-refractivity contribution in [2.24, 2.45) is 5.41 Å². The van der Waals surface area contributed by atoms with Crippen LogP contribution in [-0.4, -0.2) is 29.6 Å². The molecule has 0 aromatic carbocycles. The minimum absolute atomic E-state index is 0.0604. The molecule has 2 fully saturated rings. The molecule has 0 spiro atoms. The van der Waals surface area contributed by atoms with Crippen LogP contribution in [0.15, 0.2) is 0 Å². The van der Waals surface area contributed by atoms with E-state index in [0.29, 0.717) is 11.3 Å². The van der Waals surface area contributed by atoms with Crippen molar-refractivity contribution in [3.05, 3.63) is 0 Å². The van der Waals surface area contributed by atoms with Gasteiger partial charge in [-0.3, -0.25) is 10.1 Å². The molecule has 1 aliphatic carbocycles. The Balaban J connectivity index is 2.08. The van der Waals surface area contributed by atoms with Gasteiger partial charge < -0.3 is 4.90 Å². The molecule has 0 aromatic heterocycles. The maximum absolute atomic E-state index is 12.4. The van der Waals surface area contributed by atoms with Gasteiger partial charge in [-0.2, -0.15) is 0 Å². The fraction of sp³-hybridized carbons (Fsp3) is 0.933. The summed E-state index contributed by atoms with van der Waals surface area (Å²) in [6.45, 7) is 7.53. The van der Waals surface area contributed by atoms with Crippen molar-refractivity contribution in [2.75, 3.05) is 6.54 Å². The molecule has 2 unspecified atom stereocenters. The second-order valence-corrected chi connectivity index (χ2v) is 6.08. The van der Waals surface area contributed by atoms with Crippen LogP contribution in [0.3, 0.4) is 0 Å². The first kappa shape index (κ1) is 13.9. The maximum atomic E-state index is 12.4. The topological polar surface area (TPSA) is 32.3 Å². The predicted molar refractivity (Wildman–Crippen MR) is 74.2 cm³/mol. The summed E-state index contributed by atoms with van der Waals surface area (Å²) in [5, 5.41) is 3.48. The Labute approximate surface area is 111 Å². The van der Waals surface area contributed by atoms with E-state index in [1.807, 2.05) is 0 Å². The highest BCUT2D eigenvalue weighted by Crippen LogP contribution is 2.42. The van der Waals surface area contributed by atoms with Crippen LogP contribution in [-0.2, 0) is 4.79 Å². The number of hydrogen-bond acceptors (Lipinski definition) is 2. The minimum Gasteiger partial charge on any atom is -0.325 e. The van der Waals surface area contributed by atoms with Gasteiger partial charge in [-0.05, 0) is 37.5 Å². The molecule has 1 heterocycles. The lowest BCUT2D eigenvalue weighted by Gasteiger charge is -2.35. The Kier molecular flexibility index (Phi) is 4.31. The van der Waals surface area contributed by atoms with Gasteiger partial charge in [0.2, 0.25) is 5.91 Å². The number of carbonyl (C=O) groups is 1. The van der Waals surface area contributed by atoms with E-state index in [0.717, 1.165) is 19.4 Å². The summed E-state index contributed by atoms with van der Waals surface area (Å²) in [6.07, 6.45) is 8.71. The lowest BCUT2D eigenvalue weighted by Crippen LogP contribution is -2.43. The summed E-state index contributed by atoms with van der Waals surface area (Å²) >= 11 is 0. The number of rotatable bonds is 5. The van der Waals surface area contributed by atoms with Gasteiger partial charge in [0.05, 0.1) is 12.2 Å². The molecule has 2 rings (SSSR count). The number of carbonyl (C=O) groups excluding carboxylic acids is 1. The quantitative estimate of drug-likeness (QED) is 0.816. The molecule has 3 nitrogen and oxygen atoms in total. The maximum Gasteiger partial charge on any atom is 0.241 e. The van der Waals surface area contributed by atoms with E-state index in [1.54, 1.807) is 0 Å². The van der Waals surface area contributed by atoms with Gasteiger partial charge in [-0.15, -0.1) is 0 Å². The third kappa shape index (κ3) is 2.42. The molecule has 0 aromatic rings. The van der Waals surface area contributed by atoms with Crippen molar-refractivity contribution in [2.45, 2.75) is 77.9 Å². The average molecular weight is 252 g/mol. The van der Waals surface area contributed by atoms with E-state index in [4.69, 9.17) is 0 Å². The Bertz CT molecular complexity index is 297. The normalized spacial score (nSPS) is 31.3. The molecule has 1 saturated carbocycles. The van der Waals surface area contributed by atoms with Crippen molar-refractivity contribution in [1.29, 1.82) is 0 Å². The number of hydrogen-bond donors (Lipinski definition) is 1. The van der Waals surface area contributed by atoms with Gasteiger partial charge in [0.1, 0.15) is 0 Å². The van der Waals surface area contributed by atoms with Crippen molar-refractivity contribution in [3.8, 4) is 0 Å². The summed E-state index contributed by atoms with van der Waals surface area (Å²) < 4.78 is 0. The first-order chi connectivity index (χ1) is 8.65. The molecule has 1 aliphatic heterocycles. The second kappa shape index (κ2) is 5.60. The summed E-state index contributed by atoms with van der Waals surface area (Å²) in [7, 11) is 0. The second-order valence-electron chi connectivity index (χ2n) is 6.08. The SMILES string of the molecule is CCC1NC(CC)N(CC2(CC)CCCC2)C1=O. The van der Waals surface area contributed by atoms with Crippen LogP contribution in [0.1, 0.15) is 65.7 Å². The standard InChI is InChI=1S/C15H28N2O/c1-4-12-14(18)17(13(5-2)16-12)11-15(6-3)9-7-8-10-15/h12-13,16H,4-11H2,1-3H3. The Morgan fingerprint density at radius 3 is 2.39 bits per heavy atom. The third-order valence-electron chi connectivity index (χ3n) is 5.07. The first-order valence-electron chi connectivity index (χ1n) is 7.72. The smallest absolute Gasteiger partial charge is 0.241 e. The van der Waals surface area contributed by atoms with Crippen LogP contribution in [0.2, 0.25) is 0 Å². The van der Waals surface area contributed by atoms with Crippen LogP contribution in [0.5, 0.6) is 0 Å². The largest absolute Gasteiger partial charge is 0.325 e. The summed E-state index contributed by atoms with van der Waals surface area (Å²) in [5.41, 5.74) is 0.410. The average Bonchev–Trinajstić information content (AvgIpc) is 2.97. The molecule has 18 heavy (non-hydrogen) atoms. The zero-order chi connectivity index (χ0) is 13.2. The highest BCUT2D eigenvalue weighted by Gasteiger charge is 2.42. The molecule has 2 atom stereocenters. The van der Waals surface area contributed by atoms with E-state index in [2.05, 4.69) is 31.0 Å². The molecular weight excluding hydrogens is 224 g/mol. The van der Waals surface area contributed by atoms with E-state index in [-0.39, 0.29) is 12.2 Å². The number of nitrogens with zero attached hydrogens (tertiary/aromatic N) is 1. The first-order valence-corrected chi connectivity index (χ1v) is 7.72. The lowest BCUT2D eigenvalue weighted by atomic mass is 9.82. The molecule has 1 saturated heterocycles. The Morgan fingerprint density at radius 2 is 1.89 bits per heavy atom. The molecule has 0 bridgehead atoms. The summed E-state index contributed by atoms with van der Waals surface area (Å²) in [4.78, 5) is 14.6. The fourth-order valence-corrected chi connectivity index (χ4v) is 3.68. The van der Waals surface area contributed by atoms with Crippen molar-refractivity contribution < 1.29 is 4.79 Å². The molecule has 104 valence electrons. The molecule has 0 radical (unpaired) electrons. The number of amides is 1. The summed E-state index contributed by atoms with van der Waals surface area (Å²) in [6, 6.07) is 0.0604. The van der Waals surface area contributed by atoms with Gasteiger partial charge in [0.25, 0.3) is 0 Å². The minimum atomic E-state index is 0.0604. The Hall–Kier alpha value is -0.570. The third-order valence-corrected chi connectivity index (χ3v) is 5.07. The van der Waals surface area contributed by atoms with E-state index in [1.165, 1.54) is 32.1 Å². The van der Waals surface area contributed by atoms with Gasteiger partial charge in [0.15, 0.2) is 0 Å². The van der Waals surface area contributed by atoms with Crippen LogP contribution in [0, 0.1) is 5.41 Å². The van der Waals surface area contributed by atoms with E-state index in [9.17, 15) is 4.79 Å². The zero-order valence-electron chi connectivity index (χ0n) is 12.2. The van der Waals surface area contributed by atoms with E-state index < -0.39 is 0 Å². The lowest BCUT2D eigenvalue weighted by molar-refractivity contribution is -0.131. The zero-order valence-corrected chi connectivity index (χ0v) is 12.2. The molecule has 1 amide bonds. The van der Waals surface area contributed by atoms with Gasteiger partial charge in [0, 0.05) is 6.54 Å². The van der Waals surface area contributed by atoms with Gasteiger partial charge in [-0.25, -0.2) is 0 Å². The molecular formula is C15H28N2O.